The second-order valence-electron chi connectivity index (χ2n) is 4.81. The average molecular weight is 345 g/mol. The predicted octanol–water partition coefficient (Wildman–Crippen LogP) is 2.30. The van der Waals surface area contributed by atoms with Crippen molar-refractivity contribution in [3.8, 4) is 18.1 Å². The molecule has 0 spiro atoms. The third kappa shape index (κ3) is 3.78. The SMILES string of the molecule is C#CCOc1ccc(/C=C2/SC(=O)N([C@@H](C)C(=O)OC)C2=O)cc1. The summed E-state index contributed by atoms with van der Waals surface area (Å²) < 4.78 is 9.84. The van der Waals surface area contributed by atoms with Gasteiger partial charge in [0.05, 0.1) is 12.0 Å². The summed E-state index contributed by atoms with van der Waals surface area (Å²) in [6.07, 6.45) is 6.70. The third-order valence-electron chi connectivity index (χ3n) is 3.25. The van der Waals surface area contributed by atoms with E-state index >= 15 is 0 Å². The fourth-order valence-electron chi connectivity index (χ4n) is 2.03. The molecule has 124 valence electrons. The Morgan fingerprint density at radius 3 is 2.62 bits per heavy atom. The topological polar surface area (TPSA) is 72.9 Å². The van der Waals surface area contributed by atoms with Gasteiger partial charge in [-0.25, -0.2) is 4.79 Å². The zero-order chi connectivity index (χ0) is 17.7. The Balaban J connectivity index is 2.16. The smallest absolute Gasteiger partial charge is 0.328 e. The van der Waals surface area contributed by atoms with Gasteiger partial charge in [0.1, 0.15) is 18.4 Å². The summed E-state index contributed by atoms with van der Waals surface area (Å²) in [7, 11) is 1.21. The largest absolute Gasteiger partial charge is 0.481 e. The number of hydrogen-bond donors (Lipinski definition) is 0. The molecule has 0 unspecified atom stereocenters. The maximum atomic E-state index is 12.4. The van der Waals surface area contributed by atoms with E-state index in [0.29, 0.717) is 5.75 Å². The summed E-state index contributed by atoms with van der Waals surface area (Å²) in [5, 5.41) is -0.502. The Morgan fingerprint density at radius 2 is 2.04 bits per heavy atom. The highest BCUT2D eigenvalue weighted by molar-refractivity contribution is 8.18. The molecule has 0 radical (unpaired) electrons. The first-order valence-electron chi connectivity index (χ1n) is 6.99. The molecule has 24 heavy (non-hydrogen) atoms. The Kier molecular flexibility index (Phi) is 5.66. The number of carbonyl (C=O) groups is 3. The number of carbonyl (C=O) groups excluding carboxylic acids is 3. The van der Waals surface area contributed by atoms with Gasteiger partial charge in [0.25, 0.3) is 11.1 Å². The molecular weight excluding hydrogens is 330 g/mol. The summed E-state index contributed by atoms with van der Waals surface area (Å²) in [6.45, 7) is 1.62. The summed E-state index contributed by atoms with van der Waals surface area (Å²) in [5.74, 6) is 1.81. The van der Waals surface area contributed by atoms with Crippen molar-refractivity contribution in [3.63, 3.8) is 0 Å². The molecule has 0 aliphatic carbocycles. The van der Waals surface area contributed by atoms with Gasteiger partial charge in [-0.05, 0) is 42.5 Å². The zero-order valence-electron chi connectivity index (χ0n) is 13.1. The number of hydrogen-bond acceptors (Lipinski definition) is 6. The highest BCUT2D eigenvalue weighted by atomic mass is 32.2. The standard InChI is InChI=1S/C17H15NO5S/c1-4-9-23-13-7-5-12(6-8-13)10-14-15(19)18(17(21)24-14)11(2)16(20)22-3/h1,5-8,10-11H,9H2,2-3H3/b14-10+/t11-/m0/s1. The van der Waals surface area contributed by atoms with E-state index in [9.17, 15) is 14.4 Å². The molecule has 2 rings (SSSR count). The van der Waals surface area contributed by atoms with Crippen LogP contribution in [0.3, 0.4) is 0 Å². The second-order valence-corrected chi connectivity index (χ2v) is 5.81. The van der Waals surface area contributed by atoms with Crippen LogP contribution >= 0.6 is 11.8 Å². The molecule has 0 aromatic heterocycles. The Morgan fingerprint density at radius 1 is 1.38 bits per heavy atom. The number of rotatable bonds is 5. The highest BCUT2D eigenvalue weighted by Crippen LogP contribution is 2.34. The maximum absolute atomic E-state index is 12.4. The summed E-state index contributed by atoms with van der Waals surface area (Å²) in [6, 6.07) is 5.94. The third-order valence-corrected chi connectivity index (χ3v) is 4.14. The van der Waals surface area contributed by atoms with Crippen molar-refractivity contribution < 1.29 is 23.9 Å². The molecule has 1 aromatic carbocycles. The van der Waals surface area contributed by atoms with Gasteiger partial charge in [-0.15, -0.1) is 6.42 Å². The molecule has 1 aliphatic rings. The van der Waals surface area contributed by atoms with Crippen LogP contribution in [0.2, 0.25) is 0 Å². The van der Waals surface area contributed by atoms with Crippen molar-refractivity contribution in [1.29, 1.82) is 0 Å². The lowest BCUT2D eigenvalue weighted by atomic mass is 10.2. The van der Waals surface area contributed by atoms with Crippen molar-refractivity contribution in [2.24, 2.45) is 0 Å². The highest BCUT2D eigenvalue weighted by Gasteiger charge is 2.41. The quantitative estimate of drug-likeness (QED) is 0.463. The number of imide groups is 1. The number of benzene rings is 1. The molecule has 2 amide bonds. The molecular formula is C17H15NO5S. The van der Waals surface area contributed by atoms with Crippen LogP contribution in [0.25, 0.3) is 6.08 Å². The normalized spacial score (nSPS) is 16.9. The Labute approximate surface area is 143 Å². The number of thioether (sulfide) groups is 1. The van der Waals surface area contributed by atoms with E-state index in [1.165, 1.54) is 14.0 Å². The fourth-order valence-corrected chi connectivity index (χ4v) is 2.93. The van der Waals surface area contributed by atoms with Gasteiger partial charge in [0, 0.05) is 0 Å². The first-order valence-corrected chi connectivity index (χ1v) is 7.80. The first kappa shape index (κ1) is 17.6. The van der Waals surface area contributed by atoms with Crippen LogP contribution in [0, 0.1) is 12.3 Å². The molecule has 7 heteroatoms. The molecule has 1 aromatic rings. The molecule has 0 bridgehead atoms. The second kappa shape index (κ2) is 7.70. The van der Waals surface area contributed by atoms with Gasteiger partial charge in [-0.2, -0.15) is 0 Å². The number of ether oxygens (including phenoxy) is 2. The molecule has 0 saturated carbocycles. The van der Waals surface area contributed by atoms with Crippen molar-refractivity contribution in [2.45, 2.75) is 13.0 Å². The molecule has 0 N–H and O–H groups in total. The molecule has 1 fully saturated rings. The predicted molar refractivity (Wildman–Crippen MR) is 90.1 cm³/mol. The Bertz CT molecular complexity index is 732. The van der Waals surface area contributed by atoms with E-state index in [1.807, 2.05) is 0 Å². The average Bonchev–Trinajstić information content (AvgIpc) is 2.86. The minimum Gasteiger partial charge on any atom is -0.481 e. The maximum Gasteiger partial charge on any atom is 0.328 e. The van der Waals surface area contributed by atoms with Crippen molar-refractivity contribution in [1.82, 2.24) is 4.90 Å². The number of terminal acetylenes is 1. The van der Waals surface area contributed by atoms with Crippen LogP contribution < -0.4 is 4.74 Å². The van der Waals surface area contributed by atoms with Gasteiger partial charge in [0.15, 0.2) is 0 Å². The molecule has 6 nitrogen and oxygen atoms in total. The van der Waals surface area contributed by atoms with E-state index in [4.69, 9.17) is 11.2 Å². The van der Waals surface area contributed by atoms with Crippen LogP contribution in [-0.2, 0) is 14.3 Å². The van der Waals surface area contributed by atoms with Crippen LogP contribution in [0.15, 0.2) is 29.2 Å². The zero-order valence-corrected chi connectivity index (χ0v) is 14.0. The Hall–Kier alpha value is -2.72. The molecule has 1 atom stereocenters. The minimum atomic E-state index is -0.965. The van der Waals surface area contributed by atoms with Gasteiger partial charge in [-0.1, -0.05) is 18.1 Å². The number of esters is 1. The van der Waals surface area contributed by atoms with Crippen LogP contribution in [-0.4, -0.2) is 41.8 Å². The lowest BCUT2D eigenvalue weighted by Crippen LogP contribution is -2.42. The fraction of sp³-hybridized carbons (Fsp3) is 0.235. The van der Waals surface area contributed by atoms with Gasteiger partial charge < -0.3 is 9.47 Å². The lowest BCUT2D eigenvalue weighted by molar-refractivity contribution is -0.148. The van der Waals surface area contributed by atoms with E-state index in [-0.39, 0.29) is 11.5 Å². The molecule has 1 heterocycles. The van der Waals surface area contributed by atoms with E-state index < -0.39 is 23.2 Å². The monoisotopic (exact) mass is 345 g/mol. The number of methoxy groups -OCH3 is 1. The van der Waals surface area contributed by atoms with Crippen LogP contribution in [0.5, 0.6) is 5.75 Å². The van der Waals surface area contributed by atoms with Gasteiger partial charge in [-0.3, -0.25) is 14.5 Å². The molecule has 1 saturated heterocycles. The van der Waals surface area contributed by atoms with Crippen LogP contribution in [0.1, 0.15) is 12.5 Å². The van der Waals surface area contributed by atoms with Crippen LogP contribution in [0.4, 0.5) is 4.79 Å². The van der Waals surface area contributed by atoms with E-state index in [0.717, 1.165) is 22.2 Å². The summed E-state index contributed by atoms with van der Waals surface area (Å²) in [5.41, 5.74) is 0.722. The van der Waals surface area contributed by atoms with Gasteiger partial charge in [0.2, 0.25) is 0 Å². The summed E-state index contributed by atoms with van der Waals surface area (Å²) in [4.78, 5) is 37.0. The van der Waals surface area contributed by atoms with E-state index in [2.05, 4.69) is 10.7 Å². The first-order chi connectivity index (χ1) is 11.5. The molecule has 1 aliphatic heterocycles. The van der Waals surface area contributed by atoms with Crippen molar-refractivity contribution in [2.75, 3.05) is 13.7 Å². The van der Waals surface area contributed by atoms with Gasteiger partial charge >= 0.3 is 5.97 Å². The van der Waals surface area contributed by atoms with Crippen molar-refractivity contribution >= 4 is 35.0 Å². The number of nitrogens with zero attached hydrogens (tertiary/aromatic N) is 1. The van der Waals surface area contributed by atoms with Crippen molar-refractivity contribution in [3.05, 3.63) is 34.7 Å². The summed E-state index contributed by atoms with van der Waals surface area (Å²) >= 11 is 0.784. The number of amides is 2. The van der Waals surface area contributed by atoms with E-state index in [1.54, 1.807) is 30.3 Å². The lowest BCUT2D eigenvalue weighted by Gasteiger charge is -2.18. The minimum absolute atomic E-state index is 0.170.